The van der Waals surface area contributed by atoms with Crippen molar-refractivity contribution in [3.05, 3.63) is 64.0 Å². The molecular formula is C18H15Cl2N3O3S. The molecule has 1 heterocycles. The second-order valence-electron chi connectivity index (χ2n) is 5.50. The number of hydrogen-bond acceptors (Lipinski definition) is 6. The maximum atomic E-state index is 12.0. The molecule has 3 aromatic rings. The van der Waals surface area contributed by atoms with Gasteiger partial charge >= 0.3 is 0 Å². The summed E-state index contributed by atoms with van der Waals surface area (Å²) < 4.78 is 11.0. The third-order valence-electron chi connectivity index (χ3n) is 3.38. The van der Waals surface area contributed by atoms with Gasteiger partial charge in [0.15, 0.2) is 6.61 Å². The van der Waals surface area contributed by atoms with Crippen LogP contribution in [-0.2, 0) is 11.4 Å². The van der Waals surface area contributed by atoms with E-state index >= 15 is 0 Å². The first kappa shape index (κ1) is 19.5. The first-order chi connectivity index (χ1) is 13.0. The van der Waals surface area contributed by atoms with Gasteiger partial charge in [0.2, 0.25) is 5.91 Å². The second-order valence-corrected chi connectivity index (χ2v) is 7.21. The van der Waals surface area contributed by atoms with E-state index in [0.717, 1.165) is 17.3 Å². The highest BCUT2D eigenvalue weighted by molar-refractivity contribution is 7.99. The summed E-state index contributed by atoms with van der Waals surface area (Å²) in [6.07, 6.45) is 0. The van der Waals surface area contributed by atoms with Gasteiger partial charge in [-0.05, 0) is 31.2 Å². The summed E-state index contributed by atoms with van der Waals surface area (Å²) in [7, 11) is 0. The third-order valence-corrected chi connectivity index (χ3v) is 5.02. The normalized spacial score (nSPS) is 10.6. The minimum absolute atomic E-state index is 0.0866. The Labute approximate surface area is 170 Å². The Kier molecular flexibility index (Phi) is 6.60. The van der Waals surface area contributed by atoms with Gasteiger partial charge in [0.05, 0.1) is 21.5 Å². The van der Waals surface area contributed by atoms with E-state index in [2.05, 4.69) is 15.5 Å². The molecule has 1 amide bonds. The van der Waals surface area contributed by atoms with Gasteiger partial charge in [0.25, 0.3) is 11.1 Å². The molecule has 140 valence electrons. The number of thioether (sulfide) groups is 1. The lowest BCUT2D eigenvalue weighted by Gasteiger charge is -2.07. The number of aryl methyl sites for hydroxylation is 1. The first-order valence-corrected chi connectivity index (χ1v) is 9.64. The number of rotatable bonds is 7. The van der Waals surface area contributed by atoms with Gasteiger partial charge in [-0.15, -0.1) is 10.2 Å². The molecule has 0 unspecified atom stereocenters. The average molecular weight is 424 g/mol. The lowest BCUT2D eigenvalue weighted by Crippen LogP contribution is -2.14. The van der Waals surface area contributed by atoms with Crippen molar-refractivity contribution in [2.75, 3.05) is 11.1 Å². The summed E-state index contributed by atoms with van der Waals surface area (Å²) in [6.45, 7) is 2.16. The van der Waals surface area contributed by atoms with Crippen molar-refractivity contribution >= 4 is 46.6 Å². The summed E-state index contributed by atoms with van der Waals surface area (Å²) in [5, 5.41) is 11.4. The summed E-state index contributed by atoms with van der Waals surface area (Å²) in [5.74, 6) is 0.866. The topological polar surface area (TPSA) is 77.2 Å². The monoisotopic (exact) mass is 423 g/mol. The van der Waals surface area contributed by atoms with Crippen molar-refractivity contribution in [1.29, 1.82) is 0 Å². The van der Waals surface area contributed by atoms with Crippen molar-refractivity contribution < 1.29 is 13.9 Å². The van der Waals surface area contributed by atoms with Crippen LogP contribution in [0.5, 0.6) is 5.75 Å². The largest absolute Gasteiger partial charge is 0.484 e. The molecule has 1 N–H and O–H groups in total. The van der Waals surface area contributed by atoms with Crippen LogP contribution >= 0.6 is 35.0 Å². The molecule has 6 nitrogen and oxygen atoms in total. The number of halogens is 2. The molecular weight excluding hydrogens is 409 g/mol. The minimum Gasteiger partial charge on any atom is -0.484 e. The van der Waals surface area contributed by atoms with Crippen LogP contribution in [0.25, 0.3) is 0 Å². The van der Waals surface area contributed by atoms with Gasteiger partial charge in [-0.3, -0.25) is 4.79 Å². The standard InChI is InChI=1S/C18H15Cl2N3O3S/c1-11-5-7-12(8-6-11)25-9-16-22-23-18(26-16)27-10-15(24)21-14-4-2-3-13(19)17(14)20/h2-8H,9-10H2,1H3,(H,21,24). The summed E-state index contributed by atoms with van der Waals surface area (Å²) in [6, 6.07) is 12.7. The van der Waals surface area contributed by atoms with Gasteiger partial charge < -0.3 is 14.5 Å². The molecule has 0 aliphatic rings. The molecule has 0 saturated heterocycles. The number of nitrogens with zero attached hydrogens (tertiary/aromatic N) is 2. The zero-order chi connectivity index (χ0) is 19.2. The Morgan fingerprint density at radius 2 is 1.96 bits per heavy atom. The molecule has 0 atom stereocenters. The molecule has 0 aliphatic carbocycles. The van der Waals surface area contributed by atoms with Gasteiger partial charge in [0.1, 0.15) is 5.75 Å². The molecule has 27 heavy (non-hydrogen) atoms. The van der Waals surface area contributed by atoms with Gasteiger partial charge in [-0.1, -0.05) is 58.7 Å². The molecule has 2 aromatic carbocycles. The molecule has 0 bridgehead atoms. The van der Waals surface area contributed by atoms with E-state index in [1.165, 1.54) is 0 Å². The molecule has 0 fully saturated rings. The maximum Gasteiger partial charge on any atom is 0.277 e. The summed E-state index contributed by atoms with van der Waals surface area (Å²) in [5.41, 5.74) is 1.60. The fraction of sp³-hybridized carbons (Fsp3) is 0.167. The van der Waals surface area contributed by atoms with E-state index in [1.807, 2.05) is 31.2 Å². The second kappa shape index (κ2) is 9.12. The zero-order valence-corrected chi connectivity index (χ0v) is 16.6. The first-order valence-electron chi connectivity index (χ1n) is 7.90. The Morgan fingerprint density at radius 1 is 1.19 bits per heavy atom. The number of nitrogens with one attached hydrogen (secondary N) is 1. The van der Waals surface area contributed by atoms with Crippen molar-refractivity contribution in [3.8, 4) is 5.75 Å². The fourth-order valence-corrected chi connectivity index (χ4v) is 2.98. The summed E-state index contributed by atoms with van der Waals surface area (Å²) in [4.78, 5) is 12.0. The maximum absolute atomic E-state index is 12.0. The van der Waals surface area contributed by atoms with E-state index in [0.29, 0.717) is 27.4 Å². The molecule has 0 spiro atoms. The smallest absolute Gasteiger partial charge is 0.277 e. The number of aromatic nitrogens is 2. The van der Waals surface area contributed by atoms with Crippen molar-refractivity contribution in [1.82, 2.24) is 10.2 Å². The van der Waals surface area contributed by atoms with Crippen LogP contribution < -0.4 is 10.1 Å². The Balaban J connectivity index is 1.48. The van der Waals surface area contributed by atoms with E-state index in [-0.39, 0.29) is 23.5 Å². The van der Waals surface area contributed by atoms with Crippen LogP contribution in [0.15, 0.2) is 52.1 Å². The fourth-order valence-electron chi connectivity index (χ4n) is 2.05. The van der Waals surface area contributed by atoms with Crippen molar-refractivity contribution in [2.24, 2.45) is 0 Å². The molecule has 0 saturated carbocycles. The number of amides is 1. The van der Waals surface area contributed by atoms with Crippen LogP contribution in [0.3, 0.4) is 0 Å². The molecule has 9 heteroatoms. The number of hydrogen-bond donors (Lipinski definition) is 1. The number of ether oxygens (including phenoxy) is 1. The molecule has 0 radical (unpaired) electrons. The molecule has 3 rings (SSSR count). The van der Waals surface area contributed by atoms with Gasteiger partial charge in [-0.2, -0.15) is 0 Å². The number of carbonyl (C=O) groups excluding carboxylic acids is 1. The third kappa shape index (κ3) is 5.63. The Hall–Kier alpha value is -2.22. The SMILES string of the molecule is Cc1ccc(OCc2nnc(SCC(=O)Nc3cccc(Cl)c3Cl)o2)cc1. The highest BCUT2D eigenvalue weighted by Crippen LogP contribution is 2.29. The average Bonchev–Trinajstić information content (AvgIpc) is 3.11. The lowest BCUT2D eigenvalue weighted by atomic mass is 10.2. The van der Waals surface area contributed by atoms with Crippen LogP contribution in [0.1, 0.15) is 11.5 Å². The molecule has 0 aliphatic heterocycles. The zero-order valence-electron chi connectivity index (χ0n) is 14.2. The van der Waals surface area contributed by atoms with Crippen LogP contribution in [-0.4, -0.2) is 21.9 Å². The van der Waals surface area contributed by atoms with Gasteiger partial charge in [0, 0.05) is 0 Å². The number of benzene rings is 2. The van der Waals surface area contributed by atoms with E-state index < -0.39 is 0 Å². The minimum atomic E-state index is -0.264. The lowest BCUT2D eigenvalue weighted by molar-refractivity contribution is -0.113. The quantitative estimate of drug-likeness (QED) is 0.539. The number of anilines is 1. The van der Waals surface area contributed by atoms with Crippen LogP contribution in [0.2, 0.25) is 10.0 Å². The predicted molar refractivity (Wildman–Crippen MR) is 106 cm³/mol. The van der Waals surface area contributed by atoms with E-state index in [9.17, 15) is 4.79 Å². The van der Waals surface area contributed by atoms with Crippen molar-refractivity contribution in [3.63, 3.8) is 0 Å². The highest BCUT2D eigenvalue weighted by Gasteiger charge is 2.12. The van der Waals surface area contributed by atoms with Gasteiger partial charge in [-0.25, -0.2) is 0 Å². The summed E-state index contributed by atoms with van der Waals surface area (Å²) >= 11 is 13.1. The van der Waals surface area contributed by atoms with Crippen LogP contribution in [0.4, 0.5) is 5.69 Å². The van der Waals surface area contributed by atoms with E-state index in [4.69, 9.17) is 32.4 Å². The Morgan fingerprint density at radius 3 is 2.74 bits per heavy atom. The van der Waals surface area contributed by atoms with E-state index in [1.54, 1.807) is 18.2 Å². The molecule has 1 aromatic heterocycles. The van der Waals surface area contributed by atoms with Crippen LogP contribution in [0, 0.1) is 6.92 Å². The van der Waals surface area contributed by atoms with Crippen molar-refractivity contribution in [2.45, 2.75) is 18.8 Å². The highest BCUT2D eigenvalue weighted by atomic mass is 35.5. The Bertz CT molecular complexity index is 932. The number of carbonyl (C=O) groups is 1. The predicted octanol–water partition coefficient (Wildman–Crippen LogP) is 4.99.